The molecule has 0 fully saturated rings. The number of rotatable bonds is 6. The molecule has 1 aromatic rings. The van der Waals surface area contributed by atoms with E-state index in [1.54, 1.807) is 18.7 Å². The number of carboxylic acids is 1. The molecule has 5 heteroatoms. The molecule has 106 valence electrons. The number of carboxylic acid groups (broad SMARTS) is 1. The van der Waals surface area contributed by atoms with Gasteiger partial charge in [-0.25, -0.2) is 4.79 Å². The minimum Gasteiger partial charge on any atom is -0.477 e. The topological polar surface area (TPSA) is 73.4 Å². The first kappa shape index (κ1) is 15.3. The first-order valence-corrected chi connectivity index (χ1v) is 6.65. The van der Waals surface area contributed by atoms with Gasteiger partial charge in [0.2, 0.25) is 0 Å². The number of carbonyl (C=O) groups is 2. The van der Waals surface area contributed by atoms with Crippen LogP contribution in [0.25, 0.3) is 0 Å². The molecule has 0 spiro atoms. The number of aryl methyl sites for hydroxylation is 1. The number of amides is 1. The number of aromatic carboxylic acids is 1. The number of hydrogen-bond acceptors (Lipinski definition) is 2. The van der Waals surface area contributed by atoms with Crippen LogP contribution in [0.5, 0.6) is 0 Å². The molecule has 0 radical (unpaired) electrons. The molecule has 0 unspecified atom stereocenters. The van der Waals surface area contributed by atoms with Gasteiger partial charge < -0.3 is 15.0 Å². The van der Waals surface area contributed by atoms with E-state index in [1.807, 2.05) is 13.8 Å². The quantitative estimate of drug-likeness (QED) is 0.831. The van der Waals surface area contributed by atoms with Crippen LogP contribution in [0.4, 0.5) is 0 Å². The van der Waals surface area contributed by atoms with Crippen molar-refractivity contribution in [2.45, 2.75) is 40.5 Å². The third kappa shape index (κ3) is 3.16. The molecular formula is C14H22N2O3. The second-order valence-electron chi connectivity index (χ2n) is 4.72. The van der Waals surface area contributed by atoms with Gasteiger partial charge in [0.25, 0.3) is 5.91 Å². The second-order valence-corrected chi connectivity index (χ2v) is 4.72. The van der Waals surface area contributed by atoms with Crippen molar-refractivity contribution in [2.75, 3.05) is 13.1 Å². The van der Waals surface area contributed by atoms with Crippen molar-refractivity contribution in [1.29, 1.82) is 0 Å². The monoisotopic (exact) mass is 266 g/mol. The number of aromatic nitrogens is 1. The lowest BCUT2D eigenvalue weighted by molar-refractivity contribution is 0.0690. The Morgan fingerprint density at radius 3 is 2.05 bits per heavy atom. The van der Waals surface area contributed by atoms with Gasteiger partial charge in [-0.1, -0.05) is 13.8 Å². The van der Waals surface area contributed by atoms with Crippen LogP contribution in [-0.2, 0) is 0 Å². The van der Waals surface area contributed by atoms with Gasteiger partial charge in [-0.15, -0.1) is 0 Å². The highest BCUT2D eigenvalue weighted by atomic mass is 16.4. The van der Waals surface area contributed by atoms with Crippen LogP contribution in [0.1, 0.15) is 58.8 Å². The second kappa shape index (κ2) is 6.41. The zero-order chi connectivity index (χ0) is 14.6. The van der Waals surface area contributed by atoms with Crippen LogP contribution in [0.3, 0.4) is 0 Å². The average molecular weight is 266 g/mol. The molecule has 1 amide bonds. The van der Waals surface area contributed by atoms with Gasteiger partial charge in [0.05, 0.1) is 5.56 Å². The molecule has 19 heavy (non-hydrogen) atoms. The molecule has 0 aliphatic rings. The Hall–Kier alpha value is -1.78. The van der Waals surface area contributed by atoms with Gasteiger partial charge in [-0.3, -0.25) is 4.79 Å². The molecular weight excluding hydrogens is 244 g/mol. The smallest absolute Gasteiger partial charge is 0.352 e. The zero-order valence-electron chi connectivity index (χ0n) is 12.0. The molecule has 5 nitrogen and oxygen atoms in total. The fourth-order valence-corrected chi connectivity index (χ4v) is 2.30. The molecule has 0 saturated carbocycles. The van der Waals surface area contributed by atoms with Crippen LogP contribution >= 0.6 is 0 Å². The molecule has 0 aliphatic carbocycles. The largest absolute Gasteiger partial charge is 0.477 e. The van der Waals surface area contributed by atoms with Crippen LogP contribution < -0.4 is 0 Å². The summed E-state index contributed by atoms with van der Waals surface area (Å²) in [6, 6.07) is 0. The van der Waals surface area contributed by atoms with Gasteiger partial charge in [0, 0.05) is 18.8 Å². The maximum absolute atomic E-state index is 12.5. The van der Waals surface area contributed by atoms with Crippen molar-refractivity contribution >= 4 is 11.9 Å². The van der Waals surface area contributed by atoms with Gasteiger partial charge in [0.15, 0.2) is 0 Å². The van der Waals surface area contributed by atoms with Crippen molar-refractivity contribution in [2.24, 2.45) is 0 Å². The minimum atomic E-state index is -1.03. The van der Waals surface area contributed by atoms with E-state index < -0.39 is 5.97 Å². The van der Waals surface area contributed by atoms with E-state index >= 15 is 0 Å². The van der Waals surface area contributed by atoms with Crippen molar-refractivity contribution in [3.8, 4) is 0 Å². The van der Waals surface area contributed by atoms with Gasteiger partial charge in [-0.05, 0) is 32.3 Å². The van der Waals surface area contributed by atoms with E-state index in [-0.39, 0.29) is 11.6 Å². The van der Waals surface area contributed by atoms with E-state index in [9.17, 15) is 9.59 Å². The van der Waals surface area contributed by atoms with Crippen LogP contribution in [0.15, 0.2) is 0 Å². The van der Waals surface area contributed by atoms with E-state index in [4.69, 9.17) is 5.11 Å². The Balaban J connectivity index is 3.14. The Bertz CT molecular complexity index is 471. The summed E-state index contributed by atoms with van der Waals surface area (Å²) in [4.78, 5) is 28.2. The summed E-state index contributed by atoms with van der Waals surface area (Å²) in [6.07, 6.45) is 1.78. The first-order valence-electron chi connectivity index (χ1n) is 6.65. The first-order chi connectivity index (χ1) is 8.93. The molecule has 0 aliphatic heterocycles. The summed E-state index contributed by atoms with van der Waals surface area (Å²) < 4.78 is 0. The maximum Gasteiger partial charge on any atom is 0.352 e. The molecule has 2 N–H and O–H groups in total. The maximum atomic E-state index is 12.5. The summed E-state index contributed by atoms with van der Waals surface area (Å²) in [5.41, 5.74) is 1.75. The lowest BCUT2D eigenvalue weighted by atomic mass is 10.1. The highest BCUT2D eigenvalue weighted by molar-refractivity contribution is 6.00. The number of nitrogens with one attached hydrogen (secondary N) is 1. The number of nitrogens with zero attached hydrogens (tertiary/aromatic N) is 1. The summed E-state index contributed by atoms with van der Waals surface area (Å²) in [7, 11) is 0. The van der Waals surface area contributed by atoms with Gasteiger partial charge in [0.1, 0.15) is 5.69 Å². The zero-order valence-corrected chi connectivity index (χ0v) is 12.0. The van der Waals surface area contributed by atoms with Crippen LogP contribution in [-0.4, -0.2) is 40.0 Å². The Morgan fingerprint density at radius 2 is 1.68 bits per heavy atom. The molecule has 0 atom stereocenters. The third-order valence-corrected chi connectivity index (χ3v) is 3.14. The number of aromatic amines is 1. The van der Waals surface area contributed by atoms with Gasteiger partial charge in [-0.2, -0.15) is 0 Å². The SMILES string of the molecule is CCCN(CCC)C(=O)c1c(C)[nH]c(C(=O)O)c1C. The van der Waals surface area contributed by atoms with Crippen LogP contribution in [0, 0.1) is 13.8 Å². The fraction of sp³-hybridized carbons (Fsp3) is 0.571. The third-order valence-electron chi connectivity index (χ3n) is 3.14. The number of carbonyl (C=O) groups excluding carboxylic acids is 1. The van der Waals surface area contributed by atoms with Crippen molar-refractivity contribution < 1.29 is 14.7 Å². The number of H-pyrrole nitrogens is 1. The van der Waals surface area contributed by atoms with E-state index in [2.05, 4.69) is 4.98 Å². The minimum absolute atomic E-state index is 0.0811. The molecule has 0 bridgehead atoms. The summed E-state index contributed by atoms with van der Waals surface area (Å²) in [6.45, 7) is 8.85. The summed E-state index contributed by atoms with van der Waals surface area (Å²) in [5.74, 6) is -1.11. The fourth-order valence-electron chi connectivity index (χ4n) is 2.30. The molecule has 0 aromatic carbocycles. The highest BCUT2D eigenvalue weighted by Crippen LogP contribution is 2.20. The highest BCUT2D eigenvalue weighted by Gasteiger charge is 2.24. The van der Waals surface area contributed by atoms with E-state index in [0.717, 1.165) is 12.8 Å². The van der Waals surface area contributed by atoms with E-state index in [1.165, 1.54) is 0 Å². The average Bonchev–Trinajstić information content (AvgIpc) is 2.64. The predicted molar refractivity (Wildman–Crippen MR) is 73.7 cm³/mol. The Kier molecular flexibility index (Phi) is 5.15. The Morgan fingerprint density at radius 1 is 1.16 bits per heavy atom. The van der Waals surface area contributed by atoms with Crippen LogP contribution in [0.2, 0.25) is 0 Å². The van der Waals surface area contributed by atoms with Gasteiger partial charge >= 0.3 is 5.97 Å². The van der Waals surface area contributed by atoms with Crippen molar-refractivity contribution in [1.82, 2.24) is 9.88 Å². The number of hydrogen-bond donors (Lipinski definition) is 2. The summed E-state index contributed by atoms with van der Waals surface area (Å²) >= 11 is 0. The van der Waals surface area contributed by atoms with E-state index in [0.29, 0.717) is 29.9 Å². The molecule has 1 aromatic heterocycles. The normalized spacial score (nSPS) is 10.5. The van der Waals surface area contributed by atoms with Crippen molar-refractivity contribution in [3.63, 3.8) is 0 Å². The molecule has 1 heterocycles. The molecule has 0 saturated heterocycles. The standard InChI is InChI=1S/C14H22N2O3/c1-5-7-16(8-6-2)13(17)11-9(3)12(14(18)19)15-10(11)4/h15H,5-8H2,1-4H3,(H,18,19). The molecule has 1 rings (SSSR count). The lowest BCUT2D eigenvalue weighted by Crippen LogP contribution is -2.33. The summed E-state index contributed by atoms with van der Waals surface area (Å²) in [5, 5.41) is 9.07. The van der Waals surface area contributed by atoms with Crippen molar-refractivity contribution in [3.05, 3.63) is 22.5 Å². The lowest BCUT2D eigenvalue weighted by Gasteiger charge is -2.21. The predicted octanol–water partition coefficient (Wildman–Crippen LogP) is 2.59. The Labute approximate surface area is 113 Å².